The molecule has 7 rings (SSSR count). The Kier molecular flexibility index (Phi) is 5.45. The molecule has 2 N–H and O–H groups in total. The van der Waals surface area contributed by atoms with E-state index in [1.807, 2.05) is 37.5 Å². The first-order valence-corrected chi connectivity index (χ1v) is 14.0. The summed E-state index contributed by atoms with van der Waals surface area (Å²) in [4.78, 5) is 36.9. The third kappa shape index (κ3) is 3.95. The van der Waals surface area contributed by atoms with Crippen molar-refractivity contribution in [3.05, 3.63) is 77.1 Å². The third-order valence-electron chi connectivity index (χ3n) is 8.64. The van der Waals surface area contributed by atoms with Crippen LogP contribution >= 0.6 is 0 Å². The summed E-state index contributed by atoms with van der Waals surface area (Å²) in [5.41, 5.74) is 4.59. The summed E-state index contributed by atoms with van der Waals surface area (Å²) in [5.74, 6) is 0.458. The average Bonchev–Trinajstić information content (AvgIpc) is 3.43. The Morgan fingerprint density at radius 3 is 2.56 bits per heavy atom. The topological polar surface area (TPSA) is 122 Å². The number of benzene rings is 1. The molecular weight excluding hydrogens is 520 g/mol. The maximum absolute atomic E-state index is 13.2. The number of phenolic OH excluding ortho intramolecular Hbond substituents is 1. The molecule has 2 amide bonds. The number of hydrogen-bond donors (Lipinski definition) is 2. The highest BCUT2D eigenvalue weighted by Crippen LogP contribution is 2.53. The second kappa shape index (κ2) is 8.76. The molecule has 10 heteroatoms. The predicted octanol–water partition coefficient (Wildman–Crippen LogP) is 5.06. The zero-order chi connectivity index (χ0) is 28.7. The van der Waals surface area contributed by atoms with Crippen LogP contribution in [0.5, 0.6) is 5.75 Å². The first-order chi connectivity index (χ1) is 19.5. The maximum Gasteiger partial charge on any atom is 0.408 e. The van der Waals surface area contributed by atoms with Gasteiger partial charge in [-0.05, 0) is 76.3 Å². The van der Waals surface area contributed by atoms with Crippen molar-refractivity contribution in [1.82, 2.24) is 29.8 Å². The minimum absolute atomic E-state index is 0.102. The first kappa shape index (κ1) is 25.5. The van der Waals surface area contributed by atoms with Gasteiger partial charge in [0.2, 0.25) is 0 Å². The summed E-state index contributed by atoms with van der Waals surface area (Å²) >= 11 is 0. The van der Waals surface area contributed by atoms with Crippen LogP contribution in [-0.4, -0.2) is 54.2 Å². The molecule has 41 heavy (non-hydrogen) atoms. The molecule has 10 nitrogen and oxygen atoms in total. The number of aromatic nitrogens is 4. The Morgan fingerprint density at radius 1 is 1.12 bits per heavy atom. The Hall–Kier alpha value is -4.47. The summed E-state index contributed by atoms with van der Waals surface area (Å²) in [6.45, 7) is 5.52. The van der Waals surface area contributed by atoms with Crippen LogP contribution in [0.1, 0.15) is 91.4 Å². The fraction of sp³-hybridized carbons (Fsp3) is 0.387. The average molecular weight is 553 g/mol. The molecule has 4 aromatic rings. The lowest BCUT2D eigenvalue weighted by atomic mass is 9.76. The maximum atomic E-state index is 13.2. The minimum atomic E-state index is -0.619. The lowest BCUT2D eigenvalue weighted by Gasteiger charge is -2.41. The molecule has 210 valence electrons. The van der Waals surface area contributed by atoms with Gasteiger partial charge in [0.05, 0.1) is 17.3 Å². The van der Waals surface area contributed by atoms with Gasteiger partial charge in [-0.15, -0.1) is 0 Å². The molecule has 3 aliphatic rings. The van der Waals surface area contributed by atoms with Gasteiger partial charge < -0.3 is 20.1 Å². The number of rotatable bonds is 3. The normalized spacial score (nSPS) is 20.7. The Labute approximate surface area is 237 Å². The number of nitrogens with one attached hydrogen (secondary N) is 1. The molecular formula is C31H32N6O4. The molecule has 1 saturated carbocycles. The number of hydrogen-bond acceptors (Lipinski definition) is 7. The van der Waals surface area contributed by atoms with Gasteiger partial charge in [-0.1, -0.05) is 6.07 Å². The van der Waals surface area contributed by atoms with Crippen LogP contribution in [-0.2, 0) is 10.3 Å². The largest absolute Gasteiger partial charge is 0.508 e. The number of fused-ring (bicyclic) bond motifs is 9. The zero-order valence-electron chi connectivity index (χ0n) is 23.5. The summed E-state index contributed by atoms with van der Waals surface area (Å²) in [6, 6.07) is 9.02. The fourth-order valence-electron chi connectivity index (χ4n) is 6.52. The molecule has 0 radical (unpaired) electrons. The van der Waals surface area contributed by atoms with Gasteiger partial charge in [0, 0.05) is 53.8 Å². The number of carbonyl (C=O) groups is 2. The zero-order valence-corrected chi connectivity index (χ0v) is 23.5. The number of alkyl carbamates (subject to hydrolysis) is 1. The summed E-state index contributed by atoms with van der Waals surface area (Å²) in [6.07, 6.45) is 8.19. The van der Waals surface area contributed by atoms with E-state index in [1.54, 1.807) is 42.5 Å². The van der Waals surface area contributed by atoms with E-state index in [1.165, 1.54) is 0 Å². The third-order valence-corrected chi connectivity index (χ3v) is 8.64. The summed E-state index contributed by atoms with van der Waals surface area (Å²) in [7, 11) is 1.80. The fourth-order valence-corrected chi connectivity index (χ4v) is 6.52. The number of carbonyl (C=O) groups excluding carboxylic acids is 2. The quantitative estimate of drug-likeness (QED) is 0.364. The van der Waals surface area contributed by atoms with E-state index in [9.17, 15) is 14.7 Å². The van der Waals surface area contributed by atoms with Crippen molar-refractivity contribution < 1.29 is 19.4 Å². The molecule has 0 spiro atoms. The number of nitrogens with zero attached hydrogens (tertiary/aromatic N) is 5. The molecule has 4 heterocycles. The molecule has 0 saturated heterocycles. The Bertz CT molecular complexity index is 1720. The van der Waals surface area contributed by atoms with E-state index < -0.39 is 17.2 Å². The van der Waals surface area contributed by atoms with Gasteiger partial charge in [-0.25, -0.2) is 19.3 Å². The predicted molar refractivity (Wildman–Crippen MR) is 151 cm³/mol. The Balaban J connectivity index is 1.24. The number of pyridine rings is 1. The van der Waals surface area contributed by atoms with Crippen molar-refractivity contribution in [2.45, 2.75) is 69.6 Å². The van der Waals surface area contributed by atoms with Crippen LogP contribution in [0.3, 0.4) is 0 Å². The van der Waals surface area contributed by atoms with Gasteiger partial charge in [0.25, 0.3) is 5.91 Å². The number of aromatic hydroxyl groups is 1. The van der Waals surface area contributed by atoms with Crippen LogP contribution in [0.2, 0.25) is 0 Å². The lowest BCUT2D eigenvalue weighted by molar-refractivity contribution is 0.0364. The second-order valence-electron chi connectivity index (χ2n) is 12.4. The SMILES string of the molecule is CN1C(=O)c2cccc(O)c2[C@H]2C[C@@H]1c1nn3ccc(-c4cnc(C5(NC(=O)OC(C)(C)C)CCC5)nc4)cc3c12. The highest BCUT2D eigenvalue weighted by molar-refractivity contribution is 5.98. The molecule has 1 aliphatic heterocycles. The molecule has 0 unspecified atom stereocenters. The van der Waals surface area contributed by atoms with Gasteiger partial charge in [-0.3, -0.25) is 4.79 Å². The minimum Gasteiger partial charge on any atom is -0.508 e. The smallest absolute Gasteiger partial charge is 0.408 e. The van der Waals surface area contributed by atoms with Crippen LogP contribution in [0.25, 0.3) is 16.6 Å². The molecule has 1 fully saturated rings. The number of amides is 2. The summed E-state index contributed by atoms with van der Waals surface area (Å²) < 4.78 is 7.33. The van der Waals surface area contributed by atoms with Crippen molar-refractivity contribution in [3.63, 3.8) is 0 Å². The van der Waals surface area contributed by atoms with Gasteiger partial charge in [0.1, 0.15) is 16.9 Å². The van der Waals surface area contributed by atoms with E-state index in [0.717, 1.165) is 47.2 Å². The summed E-state index contributed by atoms with van der Waals surface area (Å²) in [5, 5.41) is 18.7. The standard InChI is InChI=1S/C31H32N6O4/c1-30(2,3)41-29(40)34-31(10-6-11-31)28-32-15-18(16-33-28)17-9-12-37-21(13-17)25-20-14-22(26(25)35-37)36(4)27(39)19-7-5-8-23(38)24(19)20/h5,7-9,12-13,15-16,20,22,38H,6,10-11,14H2,1-4H3,(H,34,40)/t20-,22-/m1/s1. The van der Waals surface area contributed by atoms with Crippen molar-refractivity contribution in [1.29, 1.82) is 0 Å². The van der Waals surface area contributed by atoms with E-state index in [0.29, 0.717) is 23.4 Å². The van der Waals surface area contributed by atoms with Crippen LogP contribution < -0.4 is 5.32 Å². The van der Waals surface area contributed by atoms with Crippen LogP contribution in [0.15, 0.2) is 48.9 Å². The monoisotopic (exact) mass is 552 g/mol. The van der Waals surface area contributed by atoms with Crippen molar-refractivity contribution in [2.24, 2.45) is 0 Å². The second-order valence-corrected chi connectivity index (χ2v) is 12.4. The molecule has 2 aliphatic carbocycles. The van der Waals surface area contributed by atoms with Crippen molar-refractivity contribution in [3.8, 4) is 16.9 Å². The Morgan fingerprint density at radius 2 is 1.88 bits per heavy atom. The van der Waals surface area contributed by atoms with Gasteiger partial charge in [0.15, 0.2) is 5.82 Å². The van der Waals surface area contributed by atoms with Gasteiger partial charge in [-0.2, -0.15) is 5.10 Å². The van der Waals surface area contributed by atoms with E-state index in [2.05, 4.69) is 21.4 Å². The molecule has 3 aromatic heterocycles. The lowest BCUT2D eigenvalue weighted by Crippen LogP contribution is -2.53. The first-order valence-electron chi connectivity index (χ1n) is 14.0. The van der Waals surface area contributed by atoms with E-state index in [-0.39, 0.29) is 23.6 Å². The molecule has 2 atom stereocenters. The molecule has 2 bridgehead atoms. The van der Waals surface area contributed by atoms with E-state index >= 15 is 0 Å². The van der Waals surface area contributed by atoms with E-state index in [4.69, 9.17) is 9.84 Å². The highest BCUT2D eigenvalue weighted by Gasteiger charge is 2.46. The highest BCUT2D eigenvalue weighted by atomic mass is 16.6. The van der Waals surface area contributed by atoms with Crippen molar-refractivity contribution >= 4 is 17.5 Å². The van der Waals surface area contributed by atoms with Crippen LogP contribution in [0.4, 0.5) is 4.79 Å². The van der Waals surface area contributed by atoms with Crippen LogP contribution in [0, 0.1) is 0 Å². The molecule has 1 aromatic carbocycles. The van der Waals surface area contributed by atoms with Crippen molar-refractivity contribution in [2.75, 3.05) is 7.05 Å². The number of phenols is 1. The number of ether oxygens (including phenoxy) is 1. The van der Waals surface area contributed by atoms with Gasteiger partial charge >= 0.3 is 6.09 Å².